The van der Waals surface area contributed by atoms with Crippen LogP contribution in [0.2, 0.25) is 0 Å². The van der Waals surface area contributed by atoms with Gasteiger partial charge in [0.15, 0.2) is 11.6 Å². The zero-order valence-electron chi connectivity index (χ0n) is 17.9. The minimum Gasteiger partial charge on any atom is -0.492 e. The molecule has 0 saturated heterocycles. The number of methoxy groups -OCH3 is 1. The summed E-state index contributed by atoms with van der Waals surface area (Å²) in [4.78, 5) is 29.0. The van der Waals surface area contributed by atoms with Crippen LogP contribution in [-0.4, -0.2) is 41.3 Å². The summed E-state index contributed by atoms with van der Waals surface area (Å²) in [6, 6.07) is 5.75. The Balaban J connectivity index is 1.80. The first-order chi connectivity index (χ1) is 15.5. The Morgan fingerprint density at radius 1 is 1.34 bits per heavy atom. The third kappa shape index (κ3) is 3.86. The Bertz CT molecular complexity index is 1220. The van der Waals surface area contributed by atoms with Gasteiger partial charge in [0.05, 0.1) is 23.7 Å². The number of carboxylic acid groups (broad SMARTS) is 1. The van der Waals surface area contributed by atoms with Crippen LogP contribution >= 0.6 is 0 Å². The highest BCUT2D eigenvalue weighted by atomic mass is 19.1. The summed E-state index contributed by atoms with van der Waals surface area (Å²) in [6.45, 7) is 0.458. The van der Waals surface area contributed by atoms with Crippen LogP contribution in [0.4, 0.5) is 15.8 Å². The van der Waals surface area contributed by atoms with Crippen molar-refractivity contribution < 1.29 is 19.0 Å². The molecule has 168 valence electrons. The number of nitrogens with one attached hydrogen (secondary N) is 2. The Hall–Kier alpha value is -3.62. The van der Waals surface area contributed by atoms with E-state index in [0.29, 0.717) is 18.5 Å². The van der Waals surface area contributed by atoms with E-state index in [-0.39, 0.29) is 28.6 Å². The van der Waals surface area contributed by atoms with Crippen molar-refractivity contribution >= 4 is 28.2 Å². The molecule has 1 fully saturated rings. The molecule has 32 heavy (non-hydrogen) atoms. The molecule has 2 aromatic heterocycles. The minimum atomic E-state index is -1.34. The van der Waals surface area contributed by atoms with E-state index < -0.39 is 22.8 Å². The van der Waals surface area contributed by atoms with Gasteiger partial charge in [0, 0.05) is 37.7 Å². The lowest BCUT2D eigenvalue weighted by atomic mass is 10.1. The molecule has 0 atom stereocenters. The zero-order chi connectivity index (χ0) is 22.8. The highest BCUT2D eigenvalue weighted by Gasteiger charge is 2.32. The molecular weight excluding hydrogens is 415 g/mol. The standard InChI is InChI=1S/C23H25FN4O4/c1-25-18-16-20(28(14-8-9-14)12-15(21(16)29)23(30)31)22(32-2)19(17(18)24)27-11-5-7-13-6-3-4-10-26-13/h3-4,6,10,12,14,25,27H,5,7-9,11H2,1-2H3,(H,30,31). The summed E-state index contributed by atoms with van der Waals surface area (Å²) in [5, 5.41) is 15.4. The van der Waals surface area contributed by atoms with Crippen LogP contribution < -0.4 is 20.8 Å². The monoisotopic (exact) mass is 440 g/mol. The summed E-state index contributed by atoms with van der Waals surface area (Å²) in [5.41, 5.74) is 0.298. The highest BCUT2D eigenvalue weighted by Crippen LogP contribution is 2.45. The predicted molar refractivity (Wildman–Crippen MR) is 121 cm³/mol. The van der Waals surface area contributed by atoms with E-state index in [0.717, 1.165) is 25.0 Å². The fraction of sp³-hybridized carbons (Fsp3) is 0.348. The quantitative estimate of drug-likeness (QED) is 0.436. The van der Waals surface area contributed by atoms with Crippen LogP contribution in [0.5, 0.6) is 5.75 Å². The van der Waals surface area contributed by atoms with Crippen LogP contribution in [0.15, 0.2) is 35.4 Å². The lowest BCUT2D eigenvalue weighted by Crippen LogP contribution is -2.21. The van der Waals surface area contributed by atoms with E-state index in [1.165, 1.54) is 20.4 Å². The number of pyridine rings is 2. The molecule has 2 heterocycles. The van der Waals surface area contributed by atoms with E-state index in [1.54, 1.807) is 10.8 Å². The lowest BCUT2D eigenvalue weighted by Gasteiger charge is -2.21. The van der Waals surface area contributed by atoms with E-state index >= 15 is 4.39 Å². The second-order valence-corrected chi connectivity index (χ2v) is 7.74. The van der Waals surface area contributed by atoms with Crippen LogP contribution in [0.3, 0.4) is 0 Å². The first-order valence-electron chi connectivity index (χ1n) is 10.5. The number of aryl methyl sites for hydroxylation is 1. The average Bonchev–Trinajstić information content (AvgIpc) is 3.63. The topological polar surface area (TPSA) is 105 Å². The van der Waals surface area contributed by atoms with Crippen LogP contribution in [0, 0.1) is 5.82 Å². The molecule has 1 aliphatic rings. The van der Waals surface area contributed by atoms with E-state index in [1.807, 2.05) is 18.2 Å². The molecule has 9 heteroatoms. The number of carbonyl (C=O) groups is 1. The van der Waals surface area contributed by atoms with Gasteiger partial charge in [-0.3, -0.25) is 9.78 Å². The Kier molecular flexibility index (Phi) is 5.98. The van der Waals surface area contributed by atoms with Crippen molar-refractivity contribution in [1.29, 1.82) is 0 Å². The molecule has 1 saturated carbocycles. The van der Waals surface area contributed by atoms with Gasteiger partial charge in [-0.15, -0.1) is 0 Å². The van der Waals surface area contributed by atoms with Crippen molar-refractivity contribution in [2.24, 2.45) is 0 Å². The SMILES string of the molecule is CNc1c(F)c(NCCCc2ccccn2)c(OC)c2c1c(=O)c(C(=O)O)cn2C1CC1. The molecule has 1 aliphatic carbocycles. The number of rotatable bonds is 9. The molecule has 0 spiro atoms. The smallest absolute Gasteiger partial charge is 0.341 e. The number of hydrogen-bond acceptors (Lipinski definition) is 6. The molecule has 8 nitrogen and oxygen atoms in total. The molecule has 0 radical (unpaired) electrons. The predicted octanol–water partition coefficient (Wildman–Crippen LogP) is 3.66. The Labute approximate surface area is 184 Å². The van der Waals surface area contributed by atoms with Gasteiger partial charge >= 0.3 is 5.97 Å². The van der Waals surface area contributed by atoms with Gasteiger partial charge < -0.3 is 25.0 Å². The number of carboxylic acids is 1. The highest BCUT2D eigenvalue weighted by molar-refractivity contribution is 6.03. The van der Waals surface area contributed by atoms with Crippen molar-refractivity contribution in [2.75, 3.05) is 31.3 Å². The molecule has 0 aliphatic heterocycles. The molecule has 0 amide bonds. The lowest BCUT2D eigenvalue weighted by molar-refractivity contribution is 0.0695. The van der Waals surface area contributed by atoms with Gasteiger partial charge in [0.25, 0.3) is 0 Å². The number of anilines is 2. The van der Waals surface area contributed by atoms with Crippen molar-refractivity contribution in [3.63, 3.8) is 0 Å². The van der Waals surface area contributed by atoms with Crippen molar-refractivity contribution in [1.82, 2.24) is 9.55 Å². The summed E-state index contributed by atoms with van der Waals surface area (Å²) in [5.74, 6) is -1.84. The number of hydrogen-bond donors (Lipinski definition) is 3. The fourth-order valence-corrected chi connectivity index (χ4v) is 3.96. The molecule has 0 unspecified atom stereocenters. The molecule has 3 N–H and O–H groups in total. The number of fused-ring (bicyclic) bond motifs is 1. The van der Waals surface area contributed by atoms with Gasteiger partial charge in [0.1, 0.15) is 11.3 Å². The minimum absolute atomic E-state index is 0.0207. The van der Waals surface area contributed by atoms with Crippen LogP contribution in [-0.2, 0) is 6.42 Å². The number of halogens is 1. The Morgan fingerprint density at radius 3 is 2.72 bits per heavy atom. The zero-order valence-corrected chi connectivity index (χ0v) is 17.9. The maximum atomic E-state index is 15.5. The normalized spacial score (nSPS) is 13.2. The summed E-state index contributed by atoms with van der Waals surface area (Å²) in [7, 11) is 2.92. The summed E-state index contributed by atoms with van der Waals surface area (Å²) >= 11 is 0. The molecule has 1 aromatic carbocycles. The van der Waals surface area contributed by atoms with E-state index in [9.17, 15) is 14.7 Å². The first kappa shape index (κ1) is 21.6. The maximum Gasteiger partial charge on any atom is 0.341 e. The van der Waals surface area contributed by atoms with E-state index in [4.69, 9.17) is 4.74 Å². The molecule has 0 bridgehead atoms. The van der Waals surface area contributed by atoms with Gasteiger partial charge in [-0.25, -0.2) is 9.18 Å². The van der Waals surface area contributed by atoms with Gasteiger partial charge in [-0.2, -0.15) is 0 Å². The number of ether oxygens (including phenoxy) is 1. The Morgan fingerprint density at radius 2 is 2.12 bits per heavy atom. The number of benzene rings is 1. The number of aromatic carboxylic acids is 1. The third-order valence-corrected chi connectivity index (χ3v) is 5.63. The first-order valence-corrected chi connectivity index (χ1v) is 10.5. The van der Waals surface area contributed by atoms with Gasteiger partial charge in [-0.1, -0.05) is 6.07 Å². The largest absolute Gasteiger partial charge is 0.492 e. The van der Waals surface area contributed by atoms with E-state index in [2.05, 4.69) is 15.6 Å². The van der Waals surface area contributed by atoms with Gasteiger partial charge in [-0.05, 0) is 37.8 Å². The van der Waals surface area contributed by atoms with Gasteiger partial charge in [0.2, 0.25) is 5.43 Å². The van der Waals surface area contributed by atoms with Crippen molar-refractivity contribution in [3.05, 3.63) is 57.9 Å². The van der Waals surface area contributed by atoms with Crippen molar-refractivity contribution in [2.45, 2.75) is 31.7 Å². The molecular formula is C23H25FN4O4. The average molecular weight is 440 g/mol. The number of nitrogens with zero attached hydrogens (tertiary/aromatic N) is 2. The second-order valence-electron chi connectivity index (χ2n) is 7.74. The third-order valence-electron chi connectivity index (χ3n) is 5.63. The van der Waals surface area contributed by atoms with Crippen molar-refractivity contribution in [3.8, 4) is 5.75 Å². The molecule has 3 aromatic rings. The maximum absolute atomic E-state index is 15.5. The second kappa shape index (κ2) is 8.86. The summed E-state index contributed by atoms with van der Waals surface area (Å²) in [6.07, 6.45) is 6.20. The fourth-order valence-electron chi connectivity index (χ4n) is 3.96. The molecule has 4 rings (SSSR count). The van der Waals surface area contributed by atoms with Crippen LogP contribution in [0.25, 0.3) is 10.9 Å². The van der Waals surface area contributed by atoms with Crippen LogP contribution in [0.1, 0.15) is 41.4 Å². The number of aromatic nitrogens is 2. The summed E-state index contributed by atoms with van der Waals surface area (Å²) < 4.78 is 22.9.